The largest absolute Gasteiger partial charge is 0.490 e. The SMILES string of the molecule is Cc1nc(-c2ccc3c(c2)OCCCO3)c(CN)s1. The van der Waals surface area contributed by atoms with Crippen LogP contribution in [0.25, 0.3) is 11.3 Å². The average Bonchev–Trinajstić information content (AvgIpc) is 2.66. The number of aromatic nitrogens is 1. The number of benzene rings is 1. The lowest BCUT2D eigenvalue weighted by Crippen LogP contribution is -1.97. The second kappa shape index (κ2) is 5.19. The number of nitrogens with two attached hydrogens (primary N) is 1. The highest BCUT2D eigenvalue weighted by Crippen LogP contribution is 2.36. The second-order valence-corrected chi connectivity index (χ2v) is 5.71. The molecule has 0 radical (unpaired) electrons. The molecule has 0 spiro atoms. The first-order valence-corrected chi connectivity index (χ1v) is 7.16. The molecule has 2 heterocycles. The summed E-state index contributed by atoms with van der Waals surface area (Å²) in [5, 5.41) is 1.03. The first-order chi connectivity index (χ1) is 9.28. The van der Waals surface area contributed by atoms with Crippen molar-refractivity contribution < 1.29 is 9.47 Å². The van der Waals surface area contributed by atoms with Crippen molar-refractivity contribution in [1.29, 1.82) is 0 Å². The molecule has 3 rings (SSSR count). The highest BCUT2D eigenvalue weighted by Gasteiger charge is 2.15. The molecule has 1 aliphatic heterocycles. The molecule has 0 fully saturated rings. The number of nitrogens with zero attached hydrogens (tertiary/aromatic N) is 1. The minimum absolute atomic E-state index is 0.509. The fraction of sp³-hybridized carbons (Fsp3) is 0.357. The summed E-state index contributed by atoms with van der Waals surface area (Å²) in [5.41, 5.74) is 7.77. The van der Waals surface area contributed by atoms with Crippen LogP contribution in [-0.4, -0.2) is 18.2 Å². The molecular weight excluding hydrogens is 260 g/mol. The highest BCUT2D eigenvalue weighted by atomic mass is 32.1. The summed E-state index contributed by atoms with van der Waals surface area (Å²) in [6.45, 7) is 3.90. The summed E-state index contributed by atoms with van der Waals surface area (Å²) in [6.07, 6.45) is 0.911. The smallest absolute Gasteiger partial charge is 0.161 e. The summed E-state index contributed by atoms with van der Waals surface area (Å²) in [4.78, 5) is 5.67. The van der Waals surface area contributed by atoms with Crippen molar-refractivity contribution in [3.8, 4) is 22.8 Å². The molecule has 2 N–H and O–H groups in total. The topological polar surface area (TPSA) is 57.4 Å². The number of fused-ring (bicyclic) bond motifs is 1. The van der Waals surface area contributed by atoms with Crippen molar-refractivity contribution in [2.45, 2.75) is 19.9 Å². The Balaban J connectivity index is 2.03. The van der Waals surface area contributed by atoms with Crippen LogP contribution in [0.15, 0.2) is 18.2 Å². The van der Waals surface area contributed by atoms with Crippen molar-refractivity contribution in [1.82, 2.24) is 4.98 Å². The molecule has 0 aliphatic carbocycles. The minimum Gasteiger partial charge on any atom is -0.490 e. The van der Waals surface area contributed by atoms with Crippen molar-refractivity contribution in [2.24, 2.45) is 5.73 Å². The predicted octanol–water partition coefficient (Wildman–Crippen LogP) is 2.74. The van der Waals surface area contributed by atoms with Crippen molar-refractivity contribution in [2.75, 3.05) is 13.2 Å². The first-order valence-electron chi connectivity index (χ1n) is 6.34. The maximum absolute atomic E-state index is 5.78. The number of aryl methyl sites for hydroxylation is 1. The van der Waals surface area contributed by atoms with Gasteiger partial charge in [0.05, 0.1) is 23.9 Å². The third-order valence-corrected chi connectivity index (χ3v) is 4.00. The molecule has 0 saturated carbocycles. The van der Waals surface area contributed by atoms with Crippen LogP contribution in [0.2, 0.25) is 0 Å². The molecule has 19 heavy (non-hydrogen) atoms. The molecule has 0 unspecified atom stereocenters. The van der Waals surface area contributed by atoms with Gasteiger partial charge in [-0.05, 0) is 25.1 Å². The van der Waals surface area contributed by atoms with E-state index in [1.165, 1.54) is 0 Å². The molecular formula is C14H16N2O2S. The third-order valence-electron chi connectivity index (χ3n) is 3.01. The molecule has 0 atom stereocenters. The maximum atomic E-state index is 5.78. The summed E-state index contributed by atoms with van der Waals surface area (Å²) < 4.78 is 11.3. The lowest BCUT2D eigenvalue weighted by Gasteiger charge is -2.09. The van der Waals surface area contributed by atoms with Gasteiger partial charge < -0.3 is 15.2 Å². The average molecular weight is 276 g/mol. The molecule has 2 aromatic rings. The monoisotopic (exact) mass is 276 g/mol. The van der Waals surface area contributed by atoms with E-state index >= 15 is 0 Å². The van der Waals surface area contributed by atoms with E-state index in [0.717, 1.165) is 39.1 Å². The second-order valence-electron chi connectivity index (χ2n) is 4.42. The molecule has 1 aliphatic rings. The van der Waals surface area contributed by atoms with Gasteiger partial charge >= 0.3 is 0 Å². The normalized spacial score (nSPS) is 14.2. The molecule has 100 valence electrons. The molecule has 4 nitrogen and oxygen atoms in total. The molecule has 0 amide bonds. The van der Waals surface area contributed by atoms with Gasteiger partial charge in [0.2, 0.25) is 0 Å². The number of hydrogen-bond acceptors (Lipinski definition) is 5. The Labute approximate surface area is 116 Å². The maximum Gasteiger partial charge on any atom is 0.161 e. The van der Waals surface area contributed by atoms with E-state index < -0.39 is 0 Å². The van der Waals surface area contributed by atoms with E-state index in [-0.39, 0.29) is 0 Å². The predicted molar refractivity (Wildman–Crippen MR) is 75.8 cm³/mol. The van der Waals surface area contributed by atoms with Gasteiger partial charge in [0.15, 0.2) is 11.5 Å². The summed E-state index contributed by atoms with van der Waals surface area (Å²) in [6, 6.07) is 5.96. The number of thiazole rings is 1. The number of hydrogen-bond donors (Lipinski definition) is 1. The molecule has 0 bridgehead atoms. The Morgan fingerprint density at radius 3 is 2.84 bits per heavy atom. The Morgan fingerprint density at radius 1 is 1.26 bits per heavy atom. The lowest BCUT2D eigenvalue weighted by molar-refractivity contribution is 0.297. The van der Waals surface area contributed by atoms with Gasteiger partial charge in [-0.25, -0.2) is 4.98 Å². The quantitative estimate of drug-likeness (QED) is 0.916. The van der Waals surface area contributed by atoms with E-state index in [1.807, 2.05) is 25.1 Å². The Bertz CT molecular complexity index is 595. The van der Waals surface area contributed by atoms with E-state index in [4.69, 9.17) is 15.2 Å². The van der Waals surface area contributed by atoms with Crippen LogP contribution >= 0.6 is 11.3 Å². The summed E-state index contributed by atoms with van der Waals surface area (Å²) in [5.74, 6) is 1.60. The fourth-order valence-electron chi connectivity index (χ4n) is 2.14. The van der Waals surface area contributed by atoms with Gasteiger partial charge in [0.25, 0.3) is 0 Å². The van der Waals surface area contributed by atoms with Crippen LogP contribution in [0.1, 0.15) is 16.3 Å². The van der Waals surface area contributed by atoms with Gasteiger partial charge in [-0.1, -0.05) is 0 Å². The van der Waals surface area contributed by atoms with Crippen LogP contribution in [0.4, 0.5) is 0 Å². The van der Waals surface area contributed by atoms with Gasteiger partial charge in [-0.2, -0.15) is 0 Å². The Hall–Kier alpha value is -1.59. The molecule has 5 heteroatoms. The molecule has 0 saturated heterocycles. The Morgan fingerprint density at radius 2 is 2.05 bits per heavy atom. The number of rotatable bonds is 2. The van der Waals surface area contributed by atoms with Crippen LogP contribution < -0.4 is 15.2 Å². The zero-order chi connectivity index (χ0) is 13.2. The van der Waals surface area contributed by atoms with Crippen molar-refractivity contribution in [3.05, 3.63) is 28.1 Å². The first kappa shape index (κ1) is 12.4. The minimum atomic E-state index is 0.509. The van der Waals surface area contributed by atoms with E-state index in [9.17, 15) is 0 Å². The van der Waals surface area contributed by atoms with Gasteiger partial charge in [0.1, 0.15) is 0 Å². The standard InChI is InChI=1S/C14H16N2O2S/c1-9-16-14(13(8-15)19-9)10-3-4-11-12(7-10)18-6-2-5-17-11/h3-4,7H,2,5-6,8,15H2,1H3. The van der Waals surface area contributed by atoms with E-state index in [1.54, 1.807) is 11.3 Å². The zero-order valence-electron chi connectivity index (χ0n) is 10.8. The summed E-state index contributed by atoms with van der Waals surface area (Å²) in [7, 11) is 0. The lowest BCUT2D eigenvalue weighted by atomic mass is 10.1. The fourth-order valence-corrected chi connectivity index (χ4v) is 2.98. The van der Waals surface area contributed by atoms with Crippen LogP contribution in [0.3, 0.4) is 0 Å². The van der Waals surface area contributed by atoms with Crippen molar-refractivity contribution >= 4 is 11.3 Å². The number of ether oxygens (including phenoxy) is 2. The summed E-state index contributed by atoms with van der Waals surface area (Å²) >= 11 is 1.64. The van der Waals surface area contributed by atoms with Crippen molar-refractivity contribution in [3.63, 3.8) is 0 Å². The van der Waals surface area contributed by atoms with Crippen LogP contribution in [-0.2, 0) is 6.54 Å². The van der Waals surface area contributed by atoms with Gasteiger partial charge in [-0.15, -0.1) is 11.3 Å². The van der Waals surface area contributed by atoms with Crippen LogP contribution in [0, 0.1) is 6.92 Å². The zero-order valence-corrected chi connectivity index (χ0v) is 11.6. The molecule has 1 aromatic carbocycles. The van der Waals surface area contributed by atoms with Crippen LogP contribution in [0.5, 0.6) is 11.5 Å². The third kappa shape index (κ3) is 2.43. The van der Waals surface area contributed by atoms with E-state index in [2.05, 4.69) is 4.98 Å². The molecule has 1 aromatic heterocycles. The van der Waals surface area contributed by atoms with Gasteiger partial charge in [-0.3, -0.25) is 0 Å². The van der Waals surface area contributed by atoms with Gasteiger partial charge in [0, 0.05) is 23.4 Å². The van der Waals surface area contributed by atoms with E-state index in [0.29, 0.717) is 19.8 Å². The highest BCUT2D eigenvalue weighted by molar-refractivity contribution is 7.12. The Kier molecular flexibility index (Phi) is 3.40.